The highest BCUT2D eigenvalue weighted by Gasteiger charge is 2.21. The summed E-state index contributed by atoms with van der Waals surface area (Å²) in [5.41, 5.74) is 3.50. The van der Waals surface area contributed by atoms with Crippen LogP contribution >= 0.6 is 0 Å². The third-order valence-electron chi connectivity index (χ3n) is 5.74. The minimum Gasteiger partial charge on any atom is -0.454 e. The highest BCUT2D eigenvalue weighted by molar-refractivity contribution is 5.99. The molecule has 2 heterocycles. The molecule has 34 heavy (non-hydrogen) atoms. The summed E-state index contributed by atoms with van der Waals surface area (Å²) in [6.45, 7) is 11.1. The van der Waals surface area contributed by atoms with Gasteiger partial charge in [0, 0.05) is 24.5 Å². The van der Waals surface area contributed by atoms with Crippen LogP contribution in [0, 0.1) is 31.1 Å². The van der Waals surface area contributed by atoms with Crippen LogP contribution in [0.2, 0.25) is 0 Å². The number of benzene rings is 1. The van der Waals surface area contributed by atoms with E-state index in [0.717, 1.165) is 35.5 Å². The molecule has 8 nitrogen and oxygen atoms in total. The quantitative estimate of drug-likeness (QED) is 0.341. The predicted molar refractivity (Wildman–Crippen MR) is 127 cm³/mol. The maximum absolute atomic E-state index is 12.6. The molecular weight excluding hydrogens is 434 g/mol. The van der Waals surface area contributed by atoms with Crippen molar-refractivity contribution in [1.82, 2.24) is 9.88 Å². The van der Waals surface area contributed by atoms with E-state index in [9.17, 15) is 14.9 Å². The molecule has 1 aromatic carbocycles. The fourth-order valence-electron chi connectivity index (χ4n) is 3.66. The molecule has 0 spiro atoms. The van der Waals surface area contributed by atoms with Gasteiger partial charge in [-0.05, 0) is 68.5 Å². The summed E-state index contributed by atoms with van der Waals surface area (Å²) in [6, 6.07) is 9.23. The molecule has 180 valence electrons. The molecule has 1 atom stereocenters. The first-order chi connectivity index (χ1) is 16.2. The van der Waals surface area contributed by atoms with Crippen LogP contribution < -0.4 is 14.8 Å². The number of hydrogen-bond acceptors (Lipinski definition) is 6. The van der Waals surface area contributed by atoms with Crippen molar-refractivity contribution in [2.45, 2.75) is 60.2 Å². The first-order valence-corrected chi connectivity index (χ1v) is 11.3. The van der Waals surface area contributed by atoms with Crippen LogP contribution in [-0.2, 0) is 27.4 Å². The van der Waals surface area contributed by atoms with Crippen molar-refractivity contribution in [3.8, 4) is 17.6 Å². The monoisotopic (exact) mass is 465 g/mol. The first-order valence-electron chi connectivity index (χ1n) is 11.3. The molecule has 3 rings (SSSR count). The highest BCUT2D eigenvalue weighted by atomic mass is 16.7. The Morgan fingerprint density at radius 3 is 2.65 bits per heavy atom. The van der Waals surface area contributed by atoms with Crippen LogP contribution in [0.15, 0.2) is 29.8 Å². The van der Waals surface area contributed by atoms with E-state index >= 15 is 0 Å². The standard InChI is InChI=1S/C26H31N3O5/c1-16(2)8-9-29-17(3)10-21(18(29)4)12-22(13-27)26(31)34-19(5)25(30)28-14-20-6-7-23-24(11-20)33-15-32-23/h6-7,10-12,16,19H,8-9,14-15H2,1-5H3,(H,28,30)/b22-12+/t19-/m0/s1. The van der Waals surface area contributed by atoms with Crippen molar-refractivity contribution in [2.75, 3.05) is 6.79 Å². The minimum absolute atomic E-state index is 0.153. The number of nitrogens with zero attached hydrogens (tertiary/aromatic N) is 2. The van der Waals surface area contributed by atoms with E-state index in [-0.39, 0.29) is 18.9 Å². The van der Waals surface area contributed by atoms with Gasteiger partial charge in [0.05, 0.1) is 0 Å². The minimum atomic E-state index is -1.06. The largest absolute Gasteiger partial charge is 0.454 e. The molecule has 1 aliphatic heterocycles. The van der Waals surface area contributed by atoms with Crippen LogP contribution in [0.1, 0.15) is 49.7 Å². The Morgan fingerprint density at radius 1 is 1.21 bits per heavy atom. The third kappa shape index (κ3) is 5.98. The van der Waals surface area contributed by atoms with Crippen LogP contribution in [0.5, 0.6) is 11.5 Å². The molecular formula is C26H31N3O5. The number of rotatable bonds is 9. The van der Waals surface area contributed by atoms with Gasteiger partial charge in [0.2, 0.25) is 6.79 Å². The fraction of sp³-hybridized carbons (Fsp3) is 0.423. The van der Waals surface area contributed by atoms with Crippen molar-refractivity contribution in [3.63, 3.8) is 0 Å². The Bertz CT molecular complexity index is 1140. The van der Waals surface area contributed by atoms with Crippen LogP contribution in [-0.4, -0.2) is 29.3 Å². The van der Waals surface area contributed by atoms with Crippen LogP contribution in [0.4, 0.5) is 0 Å². The van der Waals surface area contributed by atoms with Crippen molar-refractivity contribution >= 4 is 18.0 Å². The van der Waals surface area contributed by atoms with E-state index < -0.39 is 18.0 Å². The van der Waals surface area contributed by atoms with Crippen molar-refractivity contribution in [2.24, 2.45) is 5.92 Å². The molecule has 0 fully saturated rings. The second-order valence-corrected chi connectivity index (χ2v) is 8.78. The number of carbonyl (C=O) groups excluding carboxylic acids is 2. The van der Waals surface area contributed by atoms with E-state index in [1.54, 1.807) is 12.1 Å². The van der Waals surface area contributed by atoms with Gasteiger partial charge in [-0.2, -0.15) is 5.26 Å². The van der Waals surface area contributed by atoms with Gasteiger partial charge in [0.15, 0.2) is 17.6 Å². The normalized spacial score (nSPS) is 13.5. The van der Waals surface area contributed by atoms with E-state index in [2.05, 4.69) is 23.7 Å². The zero-order chi connectivity index (χ0) is 24.8. The number of fused-ring (bicyclic) bond motifs is 1. The van der Waals surface area contributed by atoms with E-state index in [1.807, 2.05) is 32.0 Å². The lowest BCUT2D eigenvalue weighted by Crippen LogP contribution is -2.35. The summed E-state index contributed by atoms with van der Waals surface area (Å²) in [5, 5.41) is 12.3. The van der Waals surface area contributed by atoms with Gasteiger partial charge in [-0.1, -0.05) is 19.9 Å². The highest BCUT2D eigenvalue weighted by Crippen LogP contribution is 2.32. The average molecular weight is 466 g/mol. The lowest BCUT2D eigenvalue weighted by Gasteiger charge is -2.13. The average Bonchev–Trinajstić information content (AvgIpc) is 3.37. The number of amides is 1. The molecule has 0 bridgehead atoms. The van der Waals surface area contributed by atoms with E-state index in [1.165, 1.54) is 13.0 Å². The summed E-state index contributed by atoms with van der Waals surface area (Å²) in [5.74, 6) is 0.561. The summed E-state index contributed by atoms with van der Waals surface area (Å²) in [7, 11) is 0. The summed E-state index contributed by atoms with van der Waals surface area (Å²) in [4.78, 5) is 25.0. The number of nitriles is 1. The SMILES string of the molecule is Cc1cc(/C=C(\C#N)C(=O)O[C@@H](C)C(=O)NCc2ccc3c(c2)OCO3)c(C)n1CCC(C)C. The summed E-state index contributed by atoms with van der Waals surface area (Å²) < 4.78 is 18.0. The molecule has 1 N–H and O–H groups in total. The topological polar surface area (TPSA) is 103 Å². The van der Waals surface area contributed by atoms with E-state index in [0.29, 0.717) is 17.4 Å². The molecule has 0 radical (unpaired) electrons. The number of hydrogen-bond donors (Lipinski definition) is 1. The second kappa shape index (κ2) is 10.9. The van der Waals surface area contributed by atoms with Gasteiger partial charge >= 0.3 is 5.97 Å². The number of esters is 1. The number of aryl methyl sites for hydroxylation is 1. The second-order valence-electron chi connectivity index (χ2n) is 8.78. The van der Waals surface area contributed by atoms with Gasteiger partial charge in [-0.15, -0.1) is 0 Å². The predicted octanol–water partition coefficient (Wildman–Crippen LogP) is 4.03. The fourth-order valence-corrected chi connectivity index (χ4v) is 3.66. The van der Waals surface area contributed by atoms with Gasteiger partial charge in [-0.3, -0.25) is 4.79 Å². The third-order valence-corrected chi connectivity index (χ3v) is 5.74. The van der Waals surface area contributed by atoms with Crippen molar-refractivity contribution < 1.29 is 23.8 Å². The lowest BCUT2D eigenvalue weighted by molar-refractivity contribution is -0.150. The Morgan fingerprint density at radius 2 is 1.94 bits per heavy atom. The Hall–Kier alpha value is -3.73. The number of carbonyl (C=O) groups is 2. The maximum atomic E-state index is 12.6. The lowest BCUT2D eigenvalue weighted by atomic mass is 10.1. The first kappa shape index (κ1) is 24.9. The molecule has 1 amide bonds. The molecule has 1 aromatic heterocycles. The smallest absolute Gasteiger partial charge is 0.349 e. The summed E-state index contributed by atoms with van der Waals surface area (Å²) in [6.07, 6.45) is 1.50. The zero-order valence-corrected chi connectivity index (χ0v) is 20.3. The van der Waals surface area contributed by atoms with Gasteiger partial charge in [0.1, 0.15) is 11.6 Å². The van der Waals surface area contributed by atoms with Crippen LogP contribution in [0.3, 0.4) is 0 Å². The van der Waals surface area contributed by atoms with Gasteiger partial charge in [0.25, 0.3) is 5.91 Å². The van der Waals surface area contributed by atoms with E-state index in [4.69, 9.17) is 14.2 Å². The van der Waals surface area contributed by atoms with Crippen LogP contribution in [0.25, 0.3) is 6.08 Å². The van der Waals surface area contributed by atoms with Crippen molar-refractivity contribution in [1.29, 1.82) is 5.26 Å². The number of nitrogens with one attached hydrogen (secondary N) is 1. The number of aromatic nitrogens is 1. The molecule has 0 saturated heterocycles. The molecule has 0 saturated carbocycles. The maximum Gasteiger partial charge on any atom is 0.349 e. The summed E-state index contributed by atoms with van der Waals surface area (Å²) >= 11 is 0. The van der Waals surface area contributed by atoms with Crippen molar-refractivity contribution in [3.05, 3.63) is 52.4 Å². The molecule has 0 unspecified atom stereocenters. The molecule has 1 aliphatic rings. The Labute approximate surface area is 200 Å². The molecule has 0 aliphatic carbocycles. The molecule has 2 aromatic rings. The van der Waals surface area contributed by atoms with Gasteiger partial charge < -0.3 is 24.1 Å². The zero-order valence-electron chi connectivity index (χ0n) is 20.3. The molecule has 8 heteroatoms. The Kier molecular flexibility index (Phi) is 8.00. The Balaban J connectivity index is 1.60. The number of ether oxygens (including phenoxy) is 3. The van der Waals surface area contributed by atoms with Gasteiger partial charge in [-0.25, -0.2) is 4.79 Å².